The van der Waals surface area contributed by atoms with Gasteiger partial charge in [0.05, 0.1) is 37.0 Å². The fourth-order valence-electron chi connectivity index (χ4n) is 5.00. The standard InChI is InChI=1S/C27H25F4N3O3/c1-16-2-5-21(33-25(36)19-8-20(13-32-12-19)27(29,30)31)10-22(16)17-3-4-18-11-26(28,15-35)24-14-37-7-6-34(24)23(18)9-17/h2-5,8-10,12-13,24,35H,6-7,11,14-15H2,1H3,(H,33,36)/t24-,26-/m1/s1. The molecule has 194 valence electrons. The van der Waals surface area contributed by atoms with Crippen molar-refractivity contribution in [3.8, 4) is 11.1 Å². The molecule has 1 saturated heterocycles. The molecular weight excluding hydrogens is 490 g/mol. The molecule has 1 amide bonds. The van der Waals surface area contributed by atoms with Crippen LogP contribution < -0.4 is 10.2 Å². The molecule has 5 rings (SSSR count). The smallest absolute Gasteiger partial charge is 0.393 e. The molecule has 1 fully saturated rings. The second kappa shape index (κ2) is 9.42. The van der Waals surface area contributed by atoms with Gasteiger partial charge < -0.3 is 20.1 Å². The number of hydrogen-bond donors (Lipinski definition) is 2. The Hall–Kier alpha value is -3.50. The van der Waals surface area contributed by atoms with Crippen molar-refractivity contribution >= 4 is 17.3 Å². The summed E-state index contributed by atoms with van der Waals surface area (Å²) in [5, 5.41) is 12.4. The molecule has 0 unspecified atom stereocenters. The van der Waals surface area contributed by atoms with E-state index in [1.54, 1.807) is 12.1 Å². The van der Waals surface area contributed by atoms with Crippen LogP contribution in [0.15, 0.2) is 54.9 Å². The van der Waals surface area contributed by atoms with Crippen molar-refractivity contribution in [3.05, 3.63) is 77.1 Å². The molecule has 10 heteroatoms. The van der Waals surface area contributed by atoms with Crippen LogP contribution in [0, 0.1) is 6.92 Å². The quantitative estimate of drug-likeness (QED) is 0.489. The van der Waals surface area contributed by atoms with Crippen molar-refractivity contribution in [2.45, 2.75) is 31.2 Å². The fourth-order valence-corrected chi connectivity index (χ4v) is 5.00. The summed E-state index contributed by atoms with van der Waals surface area (Å²) >= 11 is 0. The van der Waals surface area contributed by atoms with E-state index in [0.29, 0.717) is 25.0 Å². The number of fused-ring (bicyclic) bond motifs is 3. The van der Waals surface area contributed by atoms with E-state index >= 15 is 4.39 Å². The fraction of sp³-hybridized carbons (Fsp3) is 0.333. The number of rotatable bonds is 4. The number of pyridine rings is 1. The van der Waals surface area contributed by atoms with Gasteiger partial charge in [0, 0.05) is 36.7 Å². The van der Waals surface area contributed by atoms with Gasteiger partial charge in [0.1, 0.15) is 0 Å². The van der Waals surface area contributed by atoms with Gasteiger partial charge in [-0.3, -0.25) is 9.78 Å². The maximum atomic E-state index is 15.5. The van der Waals surface area contributed by atoms with Gasteiger partial charge in [0.15, 0.2) is 5.67 Å². The molecule has 3 aromatic rings. The molecule has 3 heterocycles. The molecular formula is C27H25F4N3O3. The van der Waals surface area contributed by atoms with E-state index in [9.17, 15) is 23.1 Å². The Kier molecular flexibility index (Phi) is 6.41. The van der Waals surface area contributed by atoms with E-state index in [2.05, 4.69) is 10.3 Å². The number of halogens is 4. The number of anilines is 2. The van der Waals surface area contributed by atoms with Gasteiger partial charge in [-0.2, -0.15) is 13.2 Å². The highest BCUT2D eigenvalue weighted by Gasteiger charge is 2.48. The van der Waals surface area contributed by atoms with Crippen LogP contribution in [0.3, 0.4) is 0 Å². The zero-order valence-electron chi connectivity index (χ0n) is 20.0. The number of nitrogens with zero attached hydrogens (tertiary/aromatic N) is 2. The van der Waals surface area contributed by atoms with Gasteiger partial charge >= 0.3 is 6.18 Å². The topological polar surface area (TPSA) is 74.7 Å². The minimum atomic E-state index is -4.61. The lowest BCUT2D eigenvalue weighted by Gasteiger charge is -2.48. The first-order chi connectivity index (χ1) is 17.6. The number of carbonyl (C=O) groups excluding carboxylic acids is 1. The van der Waals surface area contributed by atoms with Gasteiger partial charge in [-0.05, 0) is 53.4 Å². The normalized spacial score (nSPS) is 21.2. The molecule has 2 atom stereocenters. The molecule has 1 aromatic heterocycles. The third kappa shape index (κ3) is 4.78. The minimum absolute atomic E-state index is 0.0732. The van der Waals surface area contributed by atoms with Crippen LogP contribution in [0.1, 0.15) is 27.0 Å². The lowest BCUT2D eigenvalue weighted by molar-refractivity contribution is -0.137. The Morgan fingerprint density at radius 3 is 2.78 bits per heavy atom. The predicted molar refractivity (Wildman–Crippen MR) is 130 cm³/mol. The Morgan fingerprint density at radius 1 is 1.22 bits per heavy atom. The molecule has 2 N–H and O–H groups in total. The number of hydrogen-bond acceptors (Lipinski definition) is 5. The number of benzene rings is 2. The van der Waals surface area contributed by atoms with Crippen LogP contribution in [0.5, 0.6) is 0 Å². The van der Waals surface area contributed by atoms with Crippen LogP contribution in [0.2, 0.25) is 0 Å². The first kappa shape index (κ1) is 25.2. The number of ether oxygens (including phenoxy) is 1. The number of aliphatic hydroxyl groups is 1. The second-order valence-corrected chi connectivity index (χ2v) is 9.44. The van der Waals surface area contributed by atoms with Gasteiger partial charge in [0.2, 0.25) is 0 Å². The number of morpholine rings is 1. The maximum absolute atomic E-state index is 15.5. The summed E-state index contributed by atoms with van der Waals surface area (Å²) in [5.41, 5.74) is 1.64. The molecule has 2 aliphatic heterocycles. The summed E-state index contributed by atoms with van der Waals surface area (Å²) < 4.78 is 60.1. The summed E-state index contributed by atoms with van der Waals surface area (Å²) in [6.07, 6.45) is -2.78. The zero-order chi connectivity index (χ0) is 26.4. The highest BCUT2D eigenvalue weighted by molar-refractivity contribution is 6.04. The average molecular weight is 516 g/mol. The molecule has 2 aliphatic rings. The van der Waals surface area contributed by atoms with E-state index < -0.39 is 36.0 Å². The minimum Gasteiger partial charge on any atom is -0.393 e. The lowest BCUT2D eigenvalue weighted by atomic mass is 9.82. The summed E-state index contributed by atoms with van der Waals surface area (Å²) in [5.74, 6) is -0.710. The SMILES string of the molecule is Cc1ccc(NC(=O)c2cncc(C(F)(F)F)c2)cc1-c1ccc2c(c1)N1CCOC[C@@H]1[C@](F)(CO)C2. The largest absolute Gasteiger partial charge is 0.417 e. The molecule has 6 nitrogen and oxygen atoms in total. The lowest BCUT2D eigenvalue weighted by Crippen LogP contribution is -2.62. The Labute approximate surface area is 210 Å². The molecule has 0 radical (unpaired) electrons. The van der Waals surface area contributed by atoms with Crippen molar-refractivity contribution in [2.24, 2.45) is 0 Å². The summed E-state index contributed by atoms with van der Waals surface area (Å²) in [4.78, 5) is 18.2. The number of aryl methyl sites for hydroxylation is 1. The van der Waals surface area contributed by atoms with Crippen LogP contribution in [-0.2, 0) is 17.3 Å². The van der Waals surface area contributed by atoms with Crippen LogP contribution in [-0.4, -0.2) is 54.1 Å². The zero-order valence-corrected chi connectivity index (χ0v) is 20.0. The highest BCUT2D eigenvalue weighted by Crippen LogP contribution is 2.42. The molecule has 0 spiro atoms. The Bertz CT molecular complexity index is 1350. The first-order valence-corrected chi connectivity index (χ1v) is 11.8. The Balaban J connectivity index is 1.45. The monoisotopic (exact) mass is 515 g/mol. The summed E-state index contributed by atoms with van der Waals surface area (Å²) in [6.45, 7) is 2.44. The third-order valence-electron chi connectivity index (χ3n) is 7.00. The number of alkyl halides is 4. The van der Waals surface area contributed by atoms with Crippen LogP contribution in [0.4, 0.5) is 28.9 Å². The van der Waals surface area contributed by atoms with Crippen molar-refractivity contribution < 1.29 is 32.2 Å². The van der Waals surface area contributed by atoms with Gasteiger partial charge in [-0.1, -0.05) is 18.2 Å². The van der Waals surface area contributed by atoms with Crippen LogP contribution >= 0.6 is 0 Å². The van der Waals surface area contributed by atoms with Crippen molar-refractivity contribution in [1.82, 2.24) is 4.98 Å². The molecule has 0 bridgehead atoms. The van der Waals surface area contributed by atoms with E-state index in [4.69, 9.17) is 4.74 Å². The van der Waals surface area contributed by atoms with Gasteiger partial charge in [-0.15, -0.1) is 0 Å². The molecule has 37 heavy (non-hydrogen) atoms. The maximum Gasteiger partial charge on any atom is 0.417 e. The van der Waals surface area contributed by atoms with E-state index in [1.807, 2.05) is 36.1 Å². The summed E-state index contributed by atoms with van der Waals surface area (Å²) in [7, 11) is 0. The van der Waals surface area contributed by atoms with Gasteiger partial charge in [0.25, 0.3) is 5.91 Å². The number of aliphatic hydroxyl groups excluding tert-OH is 1. The molecule has 2 aromatic carbocycles. The van der Waals surface area contributed by atoms with E-state index in [1.165, 1.54) is 0 Å². The predicted octanol–water partition coefficient (Wildman–Crippen LogP) is 4.79. The summed E-state index contributed by atoms with van der Waals surface area (Å²) in [6, 6.07) is 11.1. The molecule has 0 aliphatic carbocycles. The number of carbonyl (C=O) groups is 1. The van der Waals surface area contributed by atoms with Crippen molar-refractivity contribution in [2.75, 3.05) is 36.6 Å². The van der Waals surface area contributed by atoms with Crippen molar-refractivity contribution in [1.29, 1.82) is 0 Å². The van der Waals surface area contributed by atoms with Crippen molar-refractivity contribution in [3.63, 3.8) is 0 Å². The Morgan fingerprint density at radius 2 is 2.03 bits per heavy atom. The average Bonchev–Trinajstić information content (AvgIpc) is 2.89. The third-order valence-corrected chi connectivity index (χ3v) is 7.00. The van der Waals surface area contributed by atoms with Gasteiger partial charge in [-0.25, -0.2) is 4.39 Å². The first-order valence-electron chi connectivity index (χ1n) is 11.8. The molecule has 0 saturated carbocycles. The number of nitrogens with one attached hydrogen (secondary N) is 1. The number of amides is 1. The van der Waals surface area contributed by atoms with E-state index in [0.717, 1.165) is 40.2 Å². The second-order valence-electron chi connectivity index (χ2n) is 9.44. The van der Waals surface area contributed by atoms with E-state index in [-0.39, 0.29) is 18.6 Å². The highest BCUT2D eigenvalue weighted by atomic mass is 19.4. The van der Waals surface area contributed by atoms with Crippen LogP contribution in [0.25, 0.3) is 11.1 Å². The number of aromatic nitrogens is 1.